The van der Waals surface area contributed by atoms with Gasteiger partial charge in [-0.2, -0.15) is 5.10 Å². The summed E-state index contributed by atoms with van der Waals surface area (Å²) in [5, 5.41) is 13.6. The number of rotatable bonds is 4. The lowest BCUT2D eigenvalue weighted by atomic mass is 10.1. The van der Waals surface area contributed by atoms with E-state index in [1.54, 1.807) is 6.20 Å². The first-order chi connectivity index (χ1) is 10.3. The van der Waals surface area contributed by atoms with Gasteiger partial charge in [-0.15, -0.1) is 10.2 Å². The first-order valence-electron chi connectivity index (χ1n) is 6.41. The highest BCUT2D eigenvalue weighted by atomic mass is 35.5. The Morgan fingerprint density at radius 2 is 2.19 bits per heavy atom. The van der Waals surface area contributed by atoms with Crippen molar-refractivity contribution in [3.63, 3.8) is 0 Å². The molecule has 0 aliphatic carbocycles. The topological polar surface area (TPSA) is 56.5 Å². The third-order valence-electron chi connectivity index (χ3n) is 2.88. The van der Waals surface area contributed by atoms with Crippen molar-refractivity contribution in [2.75, 3.05) is 0 Å². The quantitative estimate of drug-likeness (QED) is 0.736. The fraction of sp³-hybridized carbons (Fsp3) is 0.143. The highest BCUT2D eigenvalue weighted by molar-refractivity contribution is 7.99. The molecule has 2 heterocycles. The smallest absolute Gasteiger partial charge is 0.142 e. The molecule has 0 amide bonds. The van der Waals surface area contributed by atoms with E-state index in [9.17, 15) is 0 Å². The second-order valence-electron chi connectivity index (χ2n) is 4.22. The van der Waals surface area contributed by atoms with E-state index < -0.39 is 0 Å². The molecule has 7 heteroatoms. The van der Waals surface area contributed by atoms with Gasteiger partial charge in [0.05, 0.1) is 16.9 Å². The summed E-state index contributed by atoms with van der Waals surface area (Å²) in [4.78, 5) is 4.86. The maximum atomic E-state index is 6.51. The number of benzene rings is 1. The van der Waals surface area contributed by atoms with Crippen LogP contribution in [-0.4, -0.2) is 25.0 Å². The summed E-state index contributed by atoms with van der Waals surface area (Å²) in [5.41, 5.74) is 1.77. The molecule has 0 unspecified atom stereocenters. The van der Waals surface area contributed by atoms with E-state index in [0.29, 0.717) is 10.0 Å². The monoisotopic (exact) mass is 317 g/mol. The van der Waals surface area contributed by atoms with Crippen LogP contribution in [0.25, 0.3) is 11.3 Å². The van der Waals surface area contributed by atoms with Gasteiger partial charge in [0.1, 0.15) is 11.4 Å². The van der Waals surface area contributed by atoms with Crippen LogP contribution in [-0.2, 0) is 6.54 Å². The summed E-state index contributed by atoms with van der Waals surface area (Å²) in [6.07, 6.45) is 5.00. The van der Waals surface area contributed by atoms with Crippen LogP contribution in [0, 0.1) is 0 Å². The third-order valence-corrected chi connectivity index (χ3v) is 4.35. The molecule has 0 aliphatic heterocycles. The Morgan fingerprint density at radius 3 is 2.90 bits per heavy atom. The van der Waals surface area contributed by atoms with E-state index in [2.05, 4.69) is 20.3 Å². The van der Waals surface area contributed by atoms with Gasteiger partial charge in [0, 0.05) is 23.2 Å². The molecule has 1 aromatic carbocycles. The molecule has 3 aromatic rings. The van der Waals surface area contributed by atoms with Crippen LogP contribution in [0.5, 0.6) is 0 Å². The maximum absolute atomic E-state index is 6.51. The lowest BCUT2D eigenvalue weighted by molar-refractivity contribution is 0.662. The van der Waals surface area contributed by atoms with Crippen molar-refractivity contribution in [3.05, 3.63) is 48.0 Å². The zero-order valence-corrected chi connectivity index (χ0v) is 12.8. The summed E-state index contributed by atoms with van der Waals surface area (Å²) < 4.78 is 1.87. The van der Waals surface area contributed by atoms with E-state index >= 15 is 0 Å². The van der Waals surface area contributed by atoms with Gasteiger partial charge in [-0.1, -0.05) is 35.5 Å². The van der Waals surface area contributed by atoms with Crippen LogP contribution in [0.1, 0.15) is 6.92 Å². The van der Waals surface area contributed by atoms with Crippen LogP contribution < -0.4 is 0 Å². The minimum absolute atomic E-state index is 0.662. The lowest BCUT2D eigenvalue weighted by Gasteiger charge is -2.06. The molecular weight excluding hydrogens is 306 g/mol. The first-order valence-corrected chi connectivity index (χ1v) is 7.60. The van der Waals surface area contributed by atoms with Crippen LogP contribution in [0.4, 0.5) is 0 Å². The molecule has 0 spiro atoms. The third kappa shape index (κ3) is 3.06. The number of hydrogen-bond acceptors (Lipinski definition) is 5. The van der Waals surface area contributed by atoms with Gasteiger partial charge in [-0.25, -0.2) is 4.98 Å². The van der Waals surface area contributed by atoms with Gasteiger partial charge in [-0.05, 0) is 19.1 Å². The average molecular weight is 318 g/mol. The summed E-state index contributed by atoms with van der Waals surface area (Å²) in [6, 6.07) is 7.83. The molecule has 0 atom stereocenters. The SMILES string of the molecule is CCn1ccc(-c2cccc(Sc3cncnn3)c2Cl)n1. The molecule has 0 saturated carbocycles. The Morgan fingerprint density at radius 1 is 1.29 bits per heavy atom. The Kier molecular flexibility index (Phi) is 4.17. The van der Waals surface area contributed by atoms with E-state index in [4.69, 9.17) is 11.6 Å². The number of aromatic nitrogens is 5. The van der Waals surface area contributed by atoms with Gasteiger partial charge >= 0.3 is 0 Å². The standard InChI is InChI=1S/C14H12ClN5S/c1-2-20-7-6-11(19-20)10-4-3-5-12(14(10)15)21-13-8-16-9-17-18-13/h3-9H,2H2,1H3. The molecule has 5 nitrogen and oxygen atoms in total. The molecule has 0 N–H and O–H groups in total. The summed E-state index contributed by atoms with van der Waals surface area (Å²) >= 11 is 7.94. The highest BCUT2D eigenvalue weighted by Gasteiger charge is 2.12. The van der Waals surface area contributed by atoms with Gasteiger partial charge in [0.2, 0.25) is 0 Å². The Labute approximate surface area is 131 Å². The lowest BCUT2D eigenvalue weighted by Crippen LogP contribution is -1.94. The second-order valence-corrected chi connectivity index (χ2v) is 5.66. The van der Waals surface area contributed by atoms with E-state index in [-0.39, 0.29) is 0 Å². The fourth-order valence-corrected chi connectivity index (χ4v) is 2.98. The summed E-state index contributed by atoms with van der Waals surface area (Å²) in [5.74, 6) is 0. The Balaban J connectivity index is 1.95. The maximum Gasteiger partial charge on any atom is 0.142 e. The fourth-order valence-electron chi connectivity index (χ4n) is 1.86. The summed E-state index contributed by atoms with van der Waals surface area (Å²) in [6.45, 7) is 2.88. The van der Waals surface area contributed by atoms with Crippen molar-refractivity contribution >= 4 is 23.4 Å². The van der Waals surface area contributed by atoms with Crippen molar-refractivity contribution in [1.82, 2.24) is 25.0 Å². The normalized spacial score (nSPS) is 10.8. The van der Waals surface area contributed by atoms with Crippen molar-refractivity contribution < 1.29 is 0 Å². The largest absolute Gasteiger partial charge is 0.272 e. The molecule has 0 saturated heterocycles. The second kappa shape index (κ2) is 6.24. The van der Waals surface area contributed by atoms with Crippen LogP contribution in [0.15, 0.2) is 52.9 Å². The van der Waals surface area contributed by atoms with E-state index in [0.717, 1.165) is 22.7 Å². The van der Waals surface area contributed by atoms with Gasteiger partial charge < -0.3 is 0 Å². The minimum atomic E-state index is 0.662. The predicted molar refractivity (Wildman–Crippen MR) is 82.3 cm³/mol. The minimum Gasteiger partial charge on any atom is -0.272 e. The molecule has 0 fully saturated rings. The van der Waals surface area contributed by atoms with Gasteiger partial charge in [-0.3, -0.25) is 4.68 Å². The van der Waals surface area contributed by atoms with Crippen LogP contribution in [0.3, 0.4) is 0 Å². The molecule has 106 valence electrons. The van der Waals surface area contributed by atoms with Crippen molar-refractivity contribution in [3.8, 4) is 11.3 Å². The Hall–Kier alpha value is -1.92. The van der Waals surface area contributed by atoms with Crippen molar-refractivity contribution in [2.24, 2.45) is 0 Å². The van der Waals surface area contributed by atoms with Crippen molar-refractivity contribution in [2.45, 2.75) is 23.4 Å². The first kappa shape index (κ1) is 14.0. The zero-order valence-electron chi connectivity index (χ0n) is 11.3. The summed E-state index contributed by atoms with van der Waals surface area (Å²) in [7, 11) is 0. The number of nitrogens with zero attached hydrogens (tertiary/aromatic N) is 5. The number of aryl methyl sites for hydroxylation is 1. The van der Waals surface area contributed by atoms with E-state index in [1.807, 2.05) is 42.1 Å². The van der Waals surface area contributed by atoms with Crippen LogP contribution >= 0.6 is 23.4 Å². The Bertz CT molecular complexity index is 744. The molecule has 2 aromatic heterocycles. The number of hydrogen-bond donors (Lipinski definition) is 0. The average Bonchev–Trinajstić information content (AvgIpc) is 2.99. The zero-order chi connectivity index (χ0) is 14.7. The van der Waals surface area contributed by atoms with E-state index in [1.165, 1.54) is 18.1 Å². The molecular formula is C14H12ClN5S. The predicted octanol–water partition coefficient (Wildman–Crippen LogP) is 3.56. The van der Waals surface area contributed by atoms with Crippen molar-refractivity contribution in [1.29, 1.82) is 0 Å². The molecule has 0 radical (unpaired) electrons. The molecule has 0 bridgehead atoms. The number of halogens is 1. The van der Waals surface area contributed by atoms with Gasteiger partial charge in [0.25, 0.3) is 0 Å². The molecule has 3 rings (SSSR count). The molecule has 0 aliphatic rings. The van der Waals surface area contributed by atoms with Gasteiger partial charge in [0.15, 0.2) is 0 Å². The highest BCUT2D eigenvalue weighted by Crippen LogP contribution is 2.37. The molecule has 21 heavy (non-hydrogen) atoms. The van der Waals surface area contributed by atoms with Crippen LogP contribution in [0.2, 0.25) is 5.02 Å².